The number of alkyl halides is 2. The molecule has 1 N–H and O–H groups in total. The second-order valence-corrected chi connectivity index (χ2v) is 10.3. The molecule has 0 bridgehead atoms. The monoisotopic (exact) mass is 579 g/mol. The molecule has 0 atom stereocenters. The van der Waals surface area contributed by atoms with Crippen LogP contribution in [-0.2, 0) is 20.2 Å². The number of halogens is 3. The van der Waals surface area contributed by atoms with E-state index in [0.717, 1.165) is 37.7 Å². The maximum Gasteiger partial charge on any atom is 0.394 e. The van der Waals surface area contributed by atoms with Gasteiger partial charge in [-0.05, 0) is 56.3 Å². The highest BCUT2D eigenvalue weighted by Gasteiger charge is 2.28. The van der Waals surface area contributed by atoms with Gasteiger partial charge in [0.1, 0.15) is 23.8 Å². The van der Waals surface area contributed by atoms with Crippen LogP contribution in [0.2, 0.25) is 0 Å². The van der Waals surface area contributed by atoms with E-state index in [1.165, 1.54) is 24.3 Å². The summed E-state index contributed by atoms with van der Waals surface area (Å²) < 4.78 is 53.7. The fourth-order valence-corrected chi connectivity index (χ4v) is 5.05. The number of fused-ring (bicyclic) bond motifs is 1. The normalized spacial score (nSPS) is 14.6. The summed E-state index contributed by atoms with van der Waals surface area (Å²) in [6, 6.07) is 14.1. The van der Waals surface area contributed by atoms with Crippen LogP contribution in [0.25, 0.3) is 11.0 Å². The van der Waals surface area contributed by atoms with Gasteiger partial charge < -0.3 is 19.1 Å². The van der Waals surface area contributed by atoms with Crippen LogP contribution in [0.3, 0.4) is 0 Å². The van der Waals surface area contributed by atoms with Gasteiger partial charge in [0.25, 0.3) is 0 Å². The summed E-state index contributed by atoms with van der Waals surface area (Å²) >= 11 is 0. The molecule has 4 aromatic rings. The van der Waals surface area contributed by atoms with Gasteiger partial charge in [0.2, 0.25) is 5.88 Å². The summed E-state index contributed by atoms with van der Waals surface area (Å²) in [6.45, 7) is 2.48. The largest absolute Gasteiger partial charge is 0.478 e. The molecule has 42 heavy (non-hydrogen) atoms. The highest BCUT2D eigenvalue weighted by Crippen LogP contribution is 2.33. The molecule has 1 saturated heterocycles. The maximum atomic E-state index is 14.2. The molecule has 12 heteroatoms. The fourth-order valence-electron chi connectivity index (χ4n) is 5.05. The molecule has 0 unspecified atom stereocenters. The van der Waals surface area contributed by atoms with E-state index in [0.29, 0.717) is 36.3 Å². The van der Waals surface area contributed by atoms with E-state index in [1.807, 2.05) is 18.2 Å². The van der Waals surface area contributed by atoms with E-state index in [1.54, 1.807) is 17.7 Å². The molecule has 0 aliphatic carbocycles. The van der Waals surface area contributed by atoms with Crippen molar-refractivity contribution in [2.75, 3.05) is 13.1 Å². The summed E-state index contributed by atoms with van der Waals surface area (Å²) in [5.41, 5.74) is 1.84. The second-order valence-electron chi connectivity index (χ2n) is 10.3. The van der Waals surface area contributed by atoms with Gasteiger partial charge in [0, 0.05) is 37.2 Å². The number of carbonyl (C=O) groups is 1. The first-order valence-electron chi connectivity index (χ1n) is 13.3. The molecule has 9 nitrogen and oxygen atoms in total. The van der Waals surface area contributed by atoms with Crippen LogP contribution < -0.4 is 9.47 Å². The number of carboxylic acid groups (broad SMARTS) is 1. The van der Waals surface area contributed by atoms with Crippen LogP contribution >= 0.6 is 0 Å². The van der Waals surface area contributed by atoms with Crippen LogP contribution in [0.5, 0.6) is 11.6 Å². The molecule has 1 fully saturated rings. The van der Waals surface area contributed by atoms with Crippen LogP contribution in [0.4, 0.5) is 13.2 Å². The minimum atomic E-state index is -3.50. The fraction of sp³-hybridized carbons (Fsp3) is 0.333. The number of aryl methyl sites for hydroxylation is 1. The van der Waals surface area contributed by atoms with Crippen LogP contribution in [0.1, 0.15) is 58.7 Å². The van der Waals surface area contributed by atoms with E-state index in [4.69, 9.17) is 14.7 Å². The number of hydrogen-bond acceptors (Lipinski definition) is 7. The number of ether oxygens (including phenoxy) is 2. The number of nitrogens with zero attached hydrogens (tertiary/aromatic N) is 5. The topological polar surface area (TPSA) is 114 Å². The smallest absolute Gasteiger partial charge is 0.394 e. The first-order chi connectivity index (χ1) is 20.0. The maximum absolute atomic E-state index is 14.2. The summed E-state index contributed by atoms with van der Waals surface area (Å²) in [5, 5.41) is 18.4. The average Bonchev–Trinajstić information content (AvgIpc) is 3.27. The van der Waals surface area contributed by atoms with Crippen molar-refractivity contribution in [3.63, 3.8) is 0 Å². The summed E-state index contributed by atoms with van der Waals surface area (Å²) in [4.78, 5) is 23.0. The summed E-state index contributed by atoms with van der Waals surface area (Å²) in [6.07, 6.45) is -1.88. The Balaban J connectivity index is 1.24. The van der Waals surface area contributed by atoms with Gasteiger partial charge in [0.15, 0.2) is 5.75 Å². The number of nitriles is 1. The van der Waals surface area contributed by atoms with Crippen LogP contribution in [-0.4, -0.2) is 49.7 Å². The van der Waals surface area contributed by atoms with E-state index >= 15 is 0 Å². The average molecular weight is 580 g/mol. The van der Waals surface area contributed by atoms with Gasteiger partial charge in [-0.15, -0.1) is 0 Å². The van der Waals surface area contributed by atoms with Gasteiger partial charge in [-0.25, -0.2) is 19.2 Å². The molecule has 0 spiro atoms. The van der Waals surface area contributed by atoms with E-state index in [-0.39, 0.29) is 34.9 Å². The van der Waals surface area contributed by atoms with E-state index < -0.39 is 17.9 Å². The van der Waals surface area contributed by atoms with Crippen molar-refractivity contribution in [1.82, 2.24) is 19.4 Å². The highest BCUT2D eigenvalue weighted by molar-refractivity contribution is 5.95. The van der Waals surface area contributed by atoms with Gasteiger partial charge in [0.05, 0.1) is 29.3 Å². The Labute approximate surface area is 239 Å². The van der Waals surface area contributed by atoms with Crippen LogP contribution in [0.15, 0.2) is 48.5 Å². The Hall–Kier alpha value is -4.63. The Bertz CT molecular complexity index is 1670. The SMILES string of the molecule is Cn1c(CN2CCC(c3cccc(OCc4ccc(C#N)cc4F)n3)CC2)nc2c(OC(C)(F)F)cc(C(=O)O)cc21. The highest BCUT2D eigenvalue weighted by atomic mass is 19.3. The Morgan fingerprint density at radius 1 is 1.17 bits per heavy atom. The number of benzene rings is 2. The molecule has 218 valence electrons. The Morgan fingerprint density at radius 3 is 2.60 bits per heavy atom. The summed E-state index contributed by atoms with van der Waals surface area (Å²) in [7, 11) is 1.72. The molecule has 1 aliphatic heterocycles. The van der Waals surface area contributed by atoms with Gasteiger partial charge >= 0.3 is 12.1 Å². The quantitative estimate of drug-likeness (QED) is 0.272. The Morgan fingerprint density at radius 2 is 1.93 bits per heavy atom. The van der Waals surface area contributed by atoms with Gasteiger partial charge in [-0.3, -0.25) is 4.90 Å². The third-order valence-electron chi connectivity index (χ3n) is 7.25. The number of carboxylic acids is 1. The Kier molecular flexibility index (Phi) is 8.04. The second kappa shape index (κ2) is 11.7. The lowest BCUT2D eigenvalue weighted by atomic mass is 9.93. The van der Waals surface area contributed by atoms with Crippen molar-refractivity contribution >= 4 is 17.0 Å². The van der Waals surface area contributed by atoms with Crippen molar-refractivity contribution in [3.8, 4) is 17.7 Å². The number of piperidine rings is 1. The predicted molar refractivity (Wildman–Crippen MR) is 146 cm³/mol. The van der Waals surface area contributed by atoms with Crippen molar-refractivity contribution < 1.29 is 32.5 Å². The third kappa shape index (κ3) is 6.47. The first kappa shape index (κ1) is 28.9. The molecule has 5 rings (SSSR count). The van der Waals surface area contributed by atoms with E-state index in [9.17, 15) is 23.1 Å². The molecule has 1 aliphatic rings. The van der Waals surface area contributed by atoms with Crippen molar-refractivity contribution in [2.24, 2.45) is 7.05 Å². The number of hydrogen-bond donors (Lipinski definition) is 1. The third-order valence-corrected chi connectivity index (χ3v) is 7.25. The number of aromatic carboxylic acids is 1. The molecule has 0 saturated carbocycles. The van der Waals surface area contributed by atoms with Crippen LogP contribution in [0, 0.1) is 17.1 Å². The number of likely N-dealkylation sites (tertiary alicyclic amines) is 1. The molecule has 0 radical (unpaired) electrons. The number of aromatic nitrogens is 3. The van der Waals surface area contributed by atoms with E-state index in [2.05, 4.69) is 14.9 Å². The standard InChI is InChI=1S/C30H28F3N5O4/c1-30(32,33)42-25-14-21(29(39)40)13-24-28(25)36-26(37(24)2)16-38-10-8-19(9-11-38)23-4-3-5-27(35-23)41-17-20-7-6-18(15-34)12-22(20)31/h3-7,12-14,19H,8-11,16-17H2,1-2H3,(H,39,40). The van der Waals surface area contributed by atoms with Crippen molar-refractivity contribution in [3.05, 3.63) is 82.6 Å². The minimum Gasteiger partial charge on any atom is -0.478 e. The summed E-state index contributed by atoms with van der Waals surface area (Å²) in [5.74, 6) is -0.883. The zero-order chi connectivity index (χ0) is 30.0. The van der Waals surface area contributed by atoms with Gasteiger partial charge in [-0.1, -0.05) is 12.1 Å². The minimum absolute atomic E-state index is 0.0128. The molecule has 3 heterocycles. The lowest BCUT2D eigenvalue weighted by Gasteiger charge is -2.31. The van der Waals surface area contributed by atoms with Gasteiger partial charge in [-0.2, -0.15) is 14.0 Å². The number of pyridine rings is 1. The predicted octanol–water partition coefficient (Wildman–Crippen LogP) is 5.63. The molecule has 0 amide bonds. The zero-order valence-corrected chi connectivity index (χ0v) is 23.0. The molecular weight excluding hydrogens is 551 g/mol. The molecule has 2 aromatic carbocycles. The van der Waals surface area contributed by atoms with Crippen molar-refractivity contribution in [2.45, 2.75) is 44.9 Å². The zero-order valence-electron chi connectivity index (χ0n) is 23.0. The molecule has 2 aromatic heterocycles. The molecular formula is C30H28F3N5O4. The van der Waals surface area contributed by atoms with Crippen molar-refractivity contribution in [1.29, 1.82) is 5.26 Å². The number of rotatable bonds is 9. The number of imidazole rings is 1. The first-order valence-corrected chi connectivity index (χ1v) is 13.3. The lowest BCUT2D eigenvalue weighted by molar-refractivity contribution is -0.158. The lowest BCUT2D eigenvalue weighted by Crippen LogP contribution is -2.33.